The van der Waals surface area contributed by atoms with Crippen LogP contribution in [0.15, 0.2) is 30.5 Å². The summed E-state index contributed by atoms with van der Waals surface area (Å²) in [4.78, 5) is 0. The van der Waals surface area contributed by atoms with Crippen molar-refractivity contribution in [3.05, 3.63) is 36.0 Å². The van der Waals surface area contributed by atoms with Crippen LogP contribution in [0.3, 0.4) is 0 Å². The third-order valence-corrected chi connectivity index (χ3v) is 2.56. The van der Waals surface area contributed by atoms with E-state index in [1.807, 2.05) is 6.92 Å². The Morgan fingerprint density at radius 3 is 2.86 bits per heavy atom. The second kappa shape index (κ2) is 3.46. The molecule has 0 bridgehead atoms. The fourth-order valence-electron chi connectivity index (χ4n) is 1.89. The predicted octanol–water partition coefficient (Wildman–Crippen LogP) is 2.07. The molecule has 0 radical (unpaired) electrons. The number of hydrogen-bond acceptors (Lipinski definition) is 1. The summed E-state index contributed by atoms with van der Waals surface area (Å²) in [5.74, 6) is 0. The van der Waals surface area contributed by atoms with Gasteiger partial charge in [0.1, 0.15) is 0 Å². The summed E-state index contributed by atoms with van der Waals surface area (Å²) in [6, 6.07) is 8.78. The molecule has 2 rings (SSSR count). The topological polar surface area (TPSA) is 30.9 Å². The molecule has 0 unspecified atom stereocenters. The van der Waals surface area contributed by atoms with Crippen LogP contribution in [0, 0.1) is 0 Å². The number of benzene rings is 1. The molecule has 1 heterocycles. The molecule has 14 heavy (non-hydrogen) atoms. The Morgan fingerprint density at radius 2 is 2.14 bits per heavy atom. The molecule has 0 saturated heterocycles. The lowest BCUT2D eigenvalue weighted by Crippen LogP contribution is -2.17. The van der Waals surface area contributed by atoms with E-state index in [2.05, 4.69) is 42.1 Å². The minimum atomic E-state index is 0.223. The van der Waals surface area contributed by atoms with Gasteiger partial charge in [-0.05, 0) is 31.0 Å². The van der Waals surface area contributed by atoms with Crippen LogP contribution >= 0.6 is 0 Å². The zero-order valence-electron chi connectivity index (χ0n) is 8.70. The minimum Gasteiger partial charge on any atom is -0.351 e. The summed E-state index contributed by atoms with van der Waals surface area (Å²) < 4.78 is 2.14. The van der Waals surface area contributed by atoms with E-state index in [0.29, 0.717) is 0 Å². The van der Waals surface area contributed by atoms with Crippen LogP contribution in [-0.4, -0.2) is 10.6 Å². The average molecular weight is 188 g/mol. The van der Waals surface area contributed by atoms with Gasteiger partial charge in [0, 0.05) is 30.2 Å². The van der Waals surface area contributed by atoms with E-state index in [-0.39, 0.29) is 6.04 Å². The highest BCUT2D eigenvalue weighted by Crippen LogP contribution is 2.20. The summed E-state index contributed by atoms with van der Waals surface area (Å²) in [5, 5.41) is 1.33. The lowest BCUT2D eigenvalue weighted by atomic mass is 10.0. The number of fused-ring (bicyclic) bond motifs is 1. The summed E-state index contributed by atoms with van der Waals surface area (Å²) >= 11 is 0. The molecule has 2 nitrogen and oxygen atoms in total. The molecule has 2 N–H and O–H groups in total. The molecule has 0 amide bonds. The van der Waals surface area contributed by atoms with Crippen molar-refractivity contribution in [2.75, 3.05) is 0 Å². The van der Waals surface area contributed by atoms with Gasteiger partial charge in [0.2, 0.25) is 0 Å². The molecule has 0 aliphatic carbocycles. The molecular weight excluding hydrogens is 172 g/mol. The molecule has 1 aromatic heterocycles. The maximum Gasteiger partial charge on any atom is 0.0480 e. The first-order valence-electron chi connectivity index (χ1n) is 4.97. The molecular formula is C12H16N2. The highest BCUT2D eigenvalue weighted by molar-refractivity contribution is 5.83. The summed E-state index contributed by atoms with van der Waals surface area (Å²) in [6.45, 7) is 2.04. The van der Waals surface area contributed by atoms with Crippen molar-refractivity contribution >= 4 is 10.9 Å². The molecule has 2 aromatic rings. The highest BCUT2D eigenvalue weighted by atomic mass is 14.9. The standard InChI is InChI=1S/C12H16N2/c1-9(13)8-10-4-3-5-12-11(10)6-7-14(12)2/h3-7,9H,8,13H2,1-2H3/t9-/m1/s1. The number of nitrogens with zero attached hydrogens (tertiary/aromatic N) is 1. The average Bonchev–Trinajstić information content (AvgIpc) is 2.49. The van der Waals surface area contributed by atoms with Gasteiger partial charge in [-0.15, -0.1) is 0 Å². The zero-order chi connectivity index (χ0) is 10.1. The molecule has 2 heteroatoms. The first-order chi connectivity index (χ1) is 6.68. The Bertz CT molecular complexity index is 441. The van der Waals surface area contributed by atoms with Gasteiger partial charge in [0.15, 0.2) is 0 Å². The number of hydrogen-bond donors (Lipinski definition) is 1. The van der Waals surface area contributed by atoms with Crippen LogP contribution in [0.25, 0.3) is 10.9 Å². The highest BCUT2D eigenvalue weighted by Gasteiger charge is 2.04. The monoisotopic (exact) mass is 188 g/mol. The molecule has 0 aliphatic heterocycles. The van der Waals surface area contributed by atoms with Gasteiger partial charge in [-0.1, -0.05) is 12.1 Å². The van der Waals surface area contributed by atoms with Crippen molar-refractivity contribution in [2.45, 2.75) is 19.4 Å². The largest absolute Gasteiger partial charge is 0.351 e. The van der Waals surface area contributed by atoms with Crippen LogP contribution in [0.1, 0.15) is 12.5 Å². The van der Waals surface area contributed by atoms with E-state index >= 15 is 0 Å². The van der Waals surface area contributed by atoms with E-state index in [9.17, 15) is 0 Å². The van der Waals surface area contributed by atoms with E-state index in [4.69, 9.17) is 5.73 Å². The van der Waals surface area contributed by atoms with Crippen LogP contribution in [0.4, 0.5) is 0 Å². The maximum atomic E-state index is 5.82. The fraction of sp³-hybridized carbons (Fsp3) is 0.333. The van der Waals surface area contributed by atoms with Gasteiger partial charge < -0.3 is 10.3 Å². The van der Waals surface area contributed by atoms with Gasteiger partial charge in [0.25, 0.3) is 0 Å². The van der Waals surface area contributed by atoms with Crippen molar-refractivity contribution < 1.29 is 0 Å². The van der Waals surface area contributed by atoms with Crippen LogP contribution in [-0.2, 0) is 13.5 Å². The first-order valence-corrected chi connectivity index (χ1v) is 4.97. The van der Waals surface area contributed by atoms with Crippen molar-refractivity contribution in [3.63, 3.8) is 0 Å². The van der Waals surface area contributed by atoms with Gasteiger partial charge in [-0.3, -0.25) is 0 Å². The Morgan fingerprint density at radius 1 is 1.36 bits per heavy atom. The molecule has 0 spiro atoms. The van der Waals surface area contributed by atoms with Crippen molar-refractivity contribution in [1.29, 1.82) is 0 Å². The van der Waals surface area contributed by atoms with Crippen LogP contribution < -0.4 is 5.73 Å². The molecule has 0 saturated carbocycles. The third-order valence-electron chi connectivity index (χ3n) is 2.56. The van der Waals surface area contributed by atoms with E-state index in [1.54, 1.807) is 0 Å². The van der Waals surface area contributed by atoms with Crippen LogP contribution in [0.2, 0.25) is 0 Å². The number of aromatic nitrogens is 1. The smallest absolute Gasteiger partial charge is 0.0480 e. The normalized spacial score (nSPS) is 13.4. The van der Waals surface area contributed by atoms with E-state index < -0.39 is 0 Å². The minimum absolute atomic E-state index is 0.223. The van der Waals surface area contributed by atoms with Crippen molar-refractivity contribution in [2.24, 2.45) is 12.8 Å². The Labute approximate surface area is 84.3 Å². The maximum absolute atomic E-state index is 5.82. The van der Waals surface area contributed by atoms with E-state index in [0.717, 1.165) is 6.42 Å². The number of aryl methyl sites for hydroxylation is 1. The predicted molar refractivity (Wildman–Crippen MR) is 60.3 cm³/mol. The second-order valence-corrected chi connectivity index (χ2v) is 3.96. The molecule has 1 aromatic carbocycles. The lowest BCUT2D eigenvalue weighted by molar-refractivity contribution is 0.741. The van der Waals surface area contributed by atoms with Gasteiger partial charge in [-0.25, -0.2) is 0 Å². The van der Waals surface area contributed by atoms with Gasteiger partial charge >= 0.3 is 0 Å². The SMILES string of the molecule is C[C@@H](N)Cc1cccc2c1ccn2C. The lowest BCUT2D eigenvalue weighted by Gasteiger charge is -2.06. The zero-order valence-corrected chi connectivity index (χ0v) is 8.70. The van der Waals surface area contributed by atoms with E-state index in [1.165, 1.54) is 16.5 Å². The summed E-state index contributed by atoms with van der Waals surface area (Å²) in [6.07, 6.45) is 3.04. The fourth-order valence-corrected chi connectivity index (χ4v) is 1.89. The molecule has 0 aliphatic rings. The summed E-state index contributed by atoms with van der Waals surface area (Å²) in [7, 11) is 2.07. The second-order valence-electron chi connectivity index (χ2n) is 3.96. The van der Waals surface area contributed by atoms with Crippen molar-refractivity contribution in [3.8, 4) is 0 Å². The van der Waals surface area contributed by atoms with Crippen LogP contribution in [0.5, 0.6) is 0 Å². The number of rotatable bonds is 2. The first kappa shape index (κ1) is 9.28. The molecule has 1 atom stereocenters. The number of nitrogens with two attached hydrogens (primary N) is 1. The molecule has 0 fully saturated rings. The van der Waals surface area contributed by atoms with Gasteiger partial charge in [-0.2, -0.15) is 0 Å². The Balaban J connectivity index is 2.54. The molecule has 74 valence electrons. The Kier molecular flexibility index (Phi) is 2.30. The summed E-state index contributed by atoms with van der Waals surface area (Å²) in [5.41, 5.74) is 8.44. The quantitative estimate of drug-likeness (QED) is 0.768. The van der Waals surface area contributed by atoms with Gasteiger partial charge in [0.05, 0.1) is 0 Å². The Hall–Kier alpha value is -1.28. The van der Waals surface area contributed by atoms with Crippen molar-refractivity contribution in [1.82, 2.24) is 4.57 Å². The third kappa shape index (κ3) is 1.53.